The standard InChI is InChI=1S/C37H46F2N6O5S2/c1-22(2)33(44-36(48)45(5)18-29-20-51-35(42-29)23(3)4)34(47)41-28(14-24-6-10-26(38)11-7-24)16-32(46)31(15-25-8-12-27(39)13-9-25)43-37(49)50-19-30-17-40-21-52-30/h6-13,17,20-23,28,31-33,46H,14-16,18-19H2,1-5H3,(H,41,47)(H,43,49)(H,44,48). The summed E-state index contributed by atoms with van der Waals surface area (Å²) in [5, 5.41) is 23.1. The molecule has 4 rings (SSSR count). The topological polar surface area (TPSA) is 146 Å². The van der Waals surface area contributed by atoms with Gasteiger partial charge in [0.25, 0.3) is 0 Å². The van der Waals surface area contributed by atoms with Gasteiger partial charge in [0.05, 0.1) is 39.8 Å². The molecule has 11 nitrogen and oxygen atoms in total. The van der Waals surface area contributed by atoms with Gasteiger partial charge in [-0.2, -0.15) is 0 Å². The van der Waals surface area contributed by atoms with E-state index in [4.69, 9.17) is 4.74 Å². The largest absolute Gasteiger partial charge is 0.444 e. The molecule has 0 saturated carbocycles. The van der Waals surface area contributed by atoms with Crippen LogP contribution in [-0.2, 0) is 35.5 Å². The molecule has 0 aliphatic carbocycles. The smallest absolute Gasteiger partial charge is 0.407 e. The van der Waals surface area contributed by atoms with Crippen LogP contribution in [0.1, 0.15) is 66.7 Å². The quantitative estimate of drug-likeness (QED) is 0.101. The average molecular weight is 757 g/mol. The number of thiazole rings is 2. The van der Waals surface area contributed by atoms with Crippen molar-refractivity contribution in [3.63, 3.8) is 0 Å². The third-order valence-corrected chi connectivity index (χ3v) is 10.2. The lowest BCUT2D eigenvalue weighted by Gasteiger charge is -2.30. The molecule has 0 saturated heterocycles. The van der Waals surface area contributed by atoms with E-state index in [1.165, 1.54) is 51.8 Å². The van der Waals surface area contributed by atoms with E-state index in [1.807, 2.05) is 19.2 Å². The Hall–Kier alpha value is -4.47. The maximum atomic E-state index is 13.9. The average Bonchev–Trinajstić information content (AvgIpc) is 3.80. The summed E-state index contributed by atoms with van der Waals surface area (Å²) in [6.07, 6.45) is -0.113. The number of benzene rings is 2. The third-order valence-electron chi connectivity index (χ3n) is 8.27. The summed E-state index contributed by atoms with van der Waals surface area (Å²) in [5.41, 5.74) is 3.71. The van der Waals surface area contributed by atoms with Crippen molar-refractivity contribution >= 4 is 40.7 Å². The number of amides is 4. The van der Waals surface area contributed by atoms with Crippen LogP contribution in [0.5, 0.6) is 0 Å². The molecule has 52 heavy (non-hydrogen) atoms. The molecule has 0 aliphatic heterocycles. The summed E-state index contributed by atoms with van der Waals surface area (Å²) >= 11 is 2.86. The molecule has 4 aromatic rings. The minimum Gasteiger partial charge on any atom is -0.444 e. The Morgan fingerprint density at radius 3 is 2.10 bits per heavy atom. The van der Waals surface area contributed by atoms with Crippen LogP contribution >= 0.6 is 22.7 Å². The molecule has 0 fully saturated rings. The summed E-state index contributed by atoms with van der Waals surface area (Å²) in [6, 6.07) is 8.49. The first kappa shape index (κ1) is 40.3. The fourth-order valence-electron chi connectivity index (χ4n) is 5.40. The number of nitrogens with one attached hydrogen (secondary N) is 3. The number of nitrogens with zero attached hydrogens (tertiary/aromatic N) is 3. The fourth-order valence-corrected chi connectivity index (χ4v) is 6.73. The van der Waals surface area contributed by atoms with Gasteiger partial charge in [0.15, 0.2) is 0 Å². The predicted molar refractivity (Wildman–Crippen MR) is 197 cm³/mol. The molecule has 15 heteroatoms. The number of halogens is 2. The lowest BCUT2D eigenvalue weighted by Crippen LogP contribution is -2.55. The van der Waals surface area contributed by atoms with Crippen LogP contribution in [-0.4, -0.2) is 69.3 Å². The second kappa shape index (κ2) is 19.4. The molecule has 4 atom stereocenters. The molecule has 0 bridgehead atoms. The molecule has 4 amide bonds. The number of aliphatic hydroxyl groups excluding tert-OH is 1. The van der Waals surface area contributed by atoms with Crippen molar-refractivity contribution in [3.05, 3.63) is 104 Å². The SMILES string of the molecule is CC(C)c1nc(CN(C)C(=O)NC(C(=O)NC(Cc2ccc(F)cc2)CC(O)C(Cc2ccc(F)cc2)NC(=O)OCc2cncs2)C(C)C)cs1. The summed E-state index contributed by atoms with van der Waals surface area (Å²) in [6.45, 7) is 7.97. The molecule has 2 heterocycles. The van der Waals surface area contributed by atoms with Gasteiger partial charge in [-0.05, 0) is 60.6 Å². The van der Waals surface area contributed by atoms with Crippen molar-refractivity contribution in [1.29, 1.82) is 0 Å². The second-order valence-corrected chi connectivity index (χ2v) is 15.2. The fraction of sp³-hybridized carbons (Fsp3) is 0.432. The van der Waals surface area contributed by atoms with E-state index < -0.39 is 53.9 Å². The predicted octanol–water partition coefficient (Wildman–Crippen LogP) is 6.18. The zero-order valence-corrected chi connectivity index (χ0v) is 31.5. The monoisotopic (exact) mass is 756 g/mol. The van der Waals surface area contributed by atoms with Crippen molar-refractivity contribution in [2.45, 2.75) is 90.3 Å². The molecule has 4 unspecified atom stereocenters. The van der Waals surface area contributed by atoms with Gasteiger partial charge >= 0.3 is 12.1 Å². The van der Waals surface area contributed by atoms with Crippen molar-refractivity contribution in [3.8, 4) is 0 Å². The van der Waals surface area contributed by atoms with Crippen molar-refractivity contribution < 1.29 is 33.0 Å². The highest BCUT2D eigenvalue weighted by Crippen LogP contribution is 2.20. The normalized spacial score (nSPS) is 13.7. The molecule has 280 valence electrons. The highest BCUT2D eigenvalue weighted by molar-refractivity contribution is 7.09. The highest BCUT2D eigenvalue weighted by atomic mass is 32.1. The van der Waals surface area contributed by atoms with Gasteiger partial charge < -0.3 is 30.7 Å². The number of aromatic nitrogens is 2. The van der Waals surface area contributed by atoms with Crippen molar-refractivity contribution in [2.24, 2.45) is 5.92 Å². The van der Waals surface area contributed by atoms with Gasteiger partial charge in [0.2, 0.25) is 5.91 Å². The Balaban J connectivity index is 1.49. The van der Waals surface area contributed by atoms with Crippen LogP contribution in [0.15, 0.2) is 65.6 Å². The molecule has 2 aromatic heterocycles. The van der Waals surface area contributed by atoms with Gasteiger partial charge in [-0.15, -0.1) is 22.7 Å². The van der Waals surface area contributed by atoms with Crippen molar-refractivity contribution in [2.75, 3.05) is 7.05 Å². The molecule has 2 aromatic carbocycles. The summed E-state index contributed by atoms with van der Waals surface area (Å²) in [5.74, 6) is -1.36. The van der Waals surface area contributed by atoms with Gasteiger partial charge in [-0.1, -0.05) is 52.0 Å². The molecular weight excluding hydrogens is 711 g/mol. The van der Waals surface area contributed by atoms with Crippen LogP contribution in [0.4, 0.5) is 18.4 Å². The number of urea groups is 1. The van der Waals surface area contributed by atoms with Crippen LogP contribution in [0.2, 0.25) is 0 Å². The van der Waals surface area contributed by atoms with E-state index in [1.54, 1.807) is 43.0 Å². The van der Waals surface area contributed by atoms with E-state index in [0.29, 0.717) is 11.1 Å². The maximum Gasteiger partial charge on any atom is 0.407 e. The van der Waals surface area contributed by atoms with Crippen LogP contribution in [0, 0.1) is 17.6 Å². The molecule has 0 aliphatic rings. The third kappa shape index (κ3) is 12.6. The van der Waals surface area contributed by atoms with Crippen LogP contribution in [0.25, 0.3) is 0 Å². The molecule has 0 spiro atoms. The first-order valence-electron chi connectivity index (χ1n) is 17.0. The number of ether oxygens (including phenoxy) is 1. The molecule has 4 N–H and O–H groups in total. The number of hydrogen-bond donors (Lipinski definition) is 4. The van der Waals surface area contributed by atoms with E-state index in [-0.39, 0.29) is 44.2 Å². The number of hydrogen-bond acceptors (Lipinski definition) is 9. The zero-order valence-electron chi connectivity index (χ0n) is 29.8. The first-order valence-corrected chi connectivity index (χ1v) is 18.8. The number of carbonyl (C=O) groups is 3. The van der Waals surface area contributed by atoms with Crippen LogP contribution in [0.3, 0.4) is 0 Å². The van der Waals surface area contributed by atoms with Gasteiger partial charge in [0.1, 0.15) is 24.3 Å². The Kier molecular flexibility index (Phi) is 15.0. The zero-order chi connectivity index (χ0) is 37.8. The highest BCUT2D eigenvalue weighted by Gasteiger charge is 2.31. The number of aliphatic hydroxyl groups is 1. The van der Waals surface area contributed by atoms with Gasteiger partial charge in [0, 0.05) is 30.6 Å². The van der Waals surface area contributed by atoms with E-state index in [0.717, 1.165) is 15.6 Å². The first-order chi connectivity index (χ1) is 24.8. The van der Waals surface area contributed by atoms with E-state index >= 15 is 0 Å². The summed E-state index contributed by atoms with van der Waals surface area (Å²) in [4.78, 5) is 50.8. The lowest BCUT2D eigenvalue weighted by molar-refractivity contribution is -0.124. The van der Waals surface area contributed by atoms with E-state index in [9.17, 15) is 28.3 Å². The Bertz CT molecular complexity index is 1720. The van der Waals surface area contributed by atoms with E-state index in [2.05, 4.69) is 39.8 Å². The maximum absolute atomic E-state index is 13.9. The Morgan fingerprint density at radius 1 is 0.904 bits per heavy atom. The van der Waals surface area contributed by atoms with Gasteiger partial charge in [-0.25, -0.2) is 23.4 Å². The molecular formula is C37H46F2N6O5S2. The summed E-state index contributed by atoms with van der Waals surface area (Å²) < 4.78 is 32.8. The molecule has 0 radical (unpaired) electrons. The van der Waals surface area contributed by atoms with Crippen LogP contribution < -0.4 is 16.0 Å². The number of alkyl carbamates (subject to hydrolysis) is 1. The Labute approximate surface area is 310 Å². The van der Waals surface area contributed by atoms with Gasteiger partial charge in [-0.3, -0.25) is 9.78 Å². The number of rotatable bonds is 17. The second-order valence-electron chi connectivity index (χ2n) is 13.3. The minimum atomic E-state index is -1.22. The number of carbonyl (C=O) groups excluding carboxylic acids is 3. The minimum absolute atomic E-state index is 0.0145. The Morgan fingerprint density at radius 2 is 1.54 bits per heavy atom. The summed E-state index contributed by atoms with van der Waals surface area (Å²) in [7, 11) is 1.63. The van der Waals surface area contributed by atoms with Crippen molar-refractivity contribution in [1.82, 2.24) is 30.8 Å². The lowest BCUT2D eigenvalue weighted by atomic mass is 9.93.